The van der Waals surface area contributed by atoms with Gasteiger partial charge in [-0.05, 0) is 60.9 Å². The van der Waals surface area contributed by atoms with Gasteiger partial charge >= 0.3 is 12.0 Å². The van der Waals surface area contributed by atoms with E-state index in [2.05, 4.69) is 27.9 Å². The zero-order chi connectivity index (χ0) is 14.8. The SMILES string of the molecule is CC1(C(=O)O)CCCCN1C(=O)Nc1ccccc1I. The van der Waals surface area contributed by atoms with Crippen molar-refractivity contribution in [3.63, 3.8) is 0 Å². The van der Waals surface area contributed by atoms with Crippen LogP contribution in [0, 0.1) is 3.57 Å². The fraction of sp³-hybridized carbons (Fsp3) is 0.429. The molecule has 108 valence electrons. The van der Waals surface area contributed by atoms with Crippen molar-refractivity contribution in [2.75, 3.05) is 11.9 Å². The number of halogens is 1. The zero-order valence-electron chi connectivity index (χ0n) is 11.2. The summed E-state index contributed by atoms with van der Waals surface area (Å²) in [6.07, 6.45) is 2.15. The lowest BCUT2D eigenvalue weighted by Gasteiger charge is -2.41. The number of nitrogens with zero attached hydrogens (tertiary/aromatic N) is 1. The Morgan fingerprint density at radius 1 is 1.35 bits per heavy atom. The first-order valence-corrected chi connectivity index (χ1v) is 7.59. The van der Waals surface area contributed by atoms with Gasteiger partial charge < -0.3 is 15.3 Å². The van der Waals surface area contributed by atoms with Crippen molar-refractivity contribution >= 4 is 40.3 Å². The summed E-state index contributed by atoms with van der Waals surface area (Å²) in [5.41, 5.74) is -0.417. The summed E-state index contributed by atoms with van der Waals surface area (Å²) in [7, 11) is 0. The molecule has 0 aromatic heterocycles. The Labute approximate surface area is 131 Å². The molecule has 2 N–H and O–H groups in total. The molecule has 1 atom stereocenters. The minimum atomic E-state index is -1.12. The van der Waals surface area contributed by atoms with E-state index in [4.69, 9.17) is 0 Å². The van der Waals surface area contributed by atoms with Crippen molar-refractivity contribution in [2.24, 2.45) is 0 Å². The number of nitrogens with one attached hydrogen (secondary N) is 1. The summed E-state index contributed by atoms with van der Waals surface area (Å²) < 4.78 is 0.924. The molecule has 1 aromatic carbocycles. The van der Waals surface area contributed by atoms with Crippen LogP contribution < -0.4 is 5.32 Å². The van der Waals surface area contributed by atoms with Gasteiger partial charge in [0.25, 0.3) is 0 Å². The maximum absolute atomic E-state index is 12.4. The van der Waals surface area contributed by atoms with Gasteiger partial charge in [-0.3, -0.25) is 0 Å². The van der Waals surface area contributed by atoms with E-state index in [9.17, 15) is 14.7 Å². The van der Waals surface area contributed by atoms with Crippen molar-refractivity contribution in [3.05, 3.63) is 27.8 Å². The molecule has 0 bridgehead atoms. The van der Waals surface area contributed by atoms with Crippen LogP contribution in [0.5, 0.6) is 0 Å². The summed E-state index contributed by atoms with van der Waals surface area (Å²) in [6.45, 7) is 2.09. The average Bonchev–Trinajstić information content (AvgIpc) is 2.41. The number of urea groups is 1. The van der Waals surface area contributed by atoms with Crippen LogP contribution in [0.4, 0.5) is 10.5 Å². The highest BCUT2D eigenvalue weighted by atomic mass is 127. The normalized spacial score (nSPS) is 22.4. The number of hydrogen-bond acceptors (Lipinski definition) is 2. The van der Waals surface area contributed by atoms with Crippen LogP contribution in [-0.4, -0.2) is 34.1 Å². The lowest BCUT2D eigenvalue weighted by Crippen LogP contribution is -2.58. The largest absolute Gasteiger partial charge is 0.480 e. The molecule has 6 heteroatoms. The fourth-order valence-corrected chi connectivity index (χ4v) is 2.94. The molecule has 2 rings (SSSR count). The molecule has 1 aliphatic heterocycles. The van der Waals surface area contributed by atoms with E-state index in [1.54, 1.807) is 6.92 Å². The summed E-state index contributed by atoms with van der Waals surface area (Å²) in [5.74, 6) is -0.949. The number of benzene rings is 1. The predicted octanol–water partition coefficient (Wildman–Crippen LogP) is 3.15. The zero-order valence-corrected chi connectivity index (χ0v) is 13.4. The van der Waals surface area contributed by atoms with Crippen molar-refractivity contribution in [2.45, 2.75) is 31.7 Å². The average molecular weight is 388 g/mol. The minimum Gasteiger partial charge on any atom is -0.480 e. The molecule has 0 saturated carbocycles. The Morgan fingerprint density at radius 2 is 2.05 bits per heavy atom. The third-order valence-electron chi connectivity index (χ3n) is 3.71. The smallest absolute Gasteiger partial charge is 0.329 e. The number of aliphatic carboxylic acids is 1. The van der Waals surface area contributed by atoms with Gasteiger partial charge in [0.2, 0.25) is 0 Å². The molecule has 0 aliphatic carbocycles. The standard InChI is InChI=1S/C14H17IN2O3/c1-14(12(18)19)8-4-5-9-17(14)13(20)16-11-7-3-2-6-10(11)15/h2-3,6-7H,4-5,8-9H2,1H3,(H,16,20)(H,18,19). The van der Waals surface area contributed by atoms with Crippen LogP contribution in [0.15, 0.2) is 24.3 Å². The fourth-order valence-electron chi connectivity index (χ4n) is 2.41. The highest BCUT2D eigenvalue weighted by molar-refractivity contribution is 14.1. The van der Waals surface area contributed by atoms with Crippen LogP contribution >= 0.6 is 22.6 Å². The Balaban J connectivity index is 2.19. The molecule has 2 amide bonds. The molecule has 1 aliphatic rings. The van der Waals surface area contributed by atoms with Gasteiger partial charge in [0.05, 0.1) is 5.69 Å². The van der Waals surface area contributed by atoms with E-state index >= 15 is 0 Å². The molecule has 1 aromatic rings. The summed E-state index contributed by atoms with van der Waals surface area (Å²) in [6, 6.07) is 7.08. The van der Waals surface area contributed by atoms with Gasteiger partial charge in [0.15, 0.2) is 0 Å². The number of rotatable bonds is 2. The second-order valence-electron chi connectivity index (χ2n) is 5.10. The highest BCUT2D eigenvalue weighted by Crippen LogP contribution is 2.29. The number of amides is 2. The monoisotopic (exact) mass is 388 g/mol. The van der Waals surface area contributed by atoms with Crippen molar-refractivity contribution in [1.29, 1.82) is 0 Å². The van der Waals surface area contributed by atoms with E-state index in [-0.39, 0.29) is 6.03 Å². The van der Waals surface area contributed by atoms with Gasteiger partial charge in [-0.15, -0.1) is 0 Å². The topological polar surface area (TPSA) is 69.6 Å². The Morgan fingerprint density at radius 3 is 2.70 bits per heavy atom. The van der Waals surface area contributed by atoms with Gasteiger partial charge in [-0.25, -0.2) is 9.59 Å². The lowest BCUT2D eigenvalue weighted by molar-refractivity contribution is -0.150. The van der Waals surface area contributed by atoms with Crippen molar-refractivity contribution in [3.8, 4) is 0 Å². The number of likely N-dealkylation sites (tertiary alicyclic amines) is 1. The van der Waals surface area contributed by atoms with E-state index in [0.29, 0.717) is 18.7 Å². The number of piperidine rings is 1. The lowest BCUT2D eigenvalue weighted by atomic mass is 9.89. The summed E-state index contributed by atoms with van der Waals surface area (Å²) in [5, 5.41) is 12.2. The van der Waals surface area contributed by atoms with Crippen molar-refractivity contribution < 1.29 is 14.7 Å². The molecule has 0 radical (unpaired) electrons. The predicted molar refractivity (Wildman–Crippen MR) is 84.8 cm³/mol. The number of carbonyl (C=O) groups is 2. The van der Waals surface area contributed by atoms with E-state index < -0.39 is 11.5 Å². The molecule has 0 spiro atoms. The first-order chi connectivity index (χ1) is 9.45. The molecule has 1 heterocycles. The van der Waals surface area contributed by atoms with Gasteiger partial charge in [0, 0.05) is 10.1 Å². The number of carbonyl (C=O) groups excluding carboxylic acids is 1. The van der Waals surface area contributed by atoms with Crippen molar-refractivity contribution in [1.82, 2.24) is 4.90 Å². The van der Waals surface area contributed by atoms with E-state index in [0.717, 1.165) is 16.4 Å². The minimum absolute atomic E-state index is 0.348. The molecular formula is C14H17IN2O3. The molecule has 5 nitrogen and oxygen atoms in total. The van der Waals surface area contributed by atoms with Crippen LogP contribution in [-0.2, 0) is 4.79 Å². The maximum atomic E-state index is 12.4. The quantitative estimate of drug-likeness (QED) is 0.765. The molecule has 20 heavy (non-hydrogen) atoms. The van der Waals surface area contributed by atoms with Crippen LogP contribution in [0.3, 0.4) is 0 Å². The highest BCUT2D eigenvalue weighted by Gasteiger charge is 2.44. The number of hydrogen-bond donors (Lipinski definition) is 2. The second-order valence-corrected chi connectivity index (χ2v) is 6.26. The van der Waals surface area contributed by atoms with Crippen LogP contribution in [0.1, 0.15) is 26.2 Å². The van der Waals surface area contributed by atoms with Gasteiger partial charge in [0.1, 0.15) is 5.54 Å². The number of anilines is 1. The summed E-state index contributed by atoms with van der Waals surface area (Å²) in [4.78, 5) is 25.3. The van der Waals surface area contributed by atoms with E-state index in [1.807, 2.05) is 24.3 Å². The number of carboxylic acid groups (broad SMARTS) is 1. The first kappa shape index (κ1) is 15.1. The molecule has 1 fully saturated rings. The third-order valence-corrected chi connectivity index (χ3v) is 4.65. The van der Waals surface area contributed by atoms with E-state index in [1.165, 1.54) is 4.90 Å². The number of carboxylic acids is 1. The summed E-state index contributed by atoms with van der Waals surface area (Å²) >= 11 is 2.14. The van der Waals surface area contributed by atoms with Gasteiger partial charge in [-0.1, -0.05) is 12.1 Å². The number of para-hydroxylation sites is 1. The molecule has 1 saturated heterocycles. The Hall–Kier alpha value is -1.31. The second kappa shape index (κ2) is 5.99. The van der Waals surface area contributed by atoms with Gasteiger partial charge in [-0.2, -0.15) is 0 Å². The maximum Gasteiger partial charge on any atom is 0.329 e. The molecule has 1 unspecified atom stereocenters. The van der Waals surface area contributed by atoms with Crippen LogP contribution in [0.2, 0.25) is 0 Å². The Bertz CT molecular complexity index is 535. The van der Waals surface area contributed by atoms with Crippen LogP contribution in [0.25, 0.3) is 0 Å². The molecular weight excluding hydrogens is 371 g/mol. The third kappa shape index (κ3) is 2.89. The first-order valence-electron chi connectivity index (χ1n) is 6.52. The Kier molecular flexibility index (Phi) is 4.52.